The van der Waals surface area contributed by atoms with Gasteiger partial charge in [-0.2, -0.15) is 0 Å². The summed E-state index contributed by atoms with van der Waals surface area (Å²) in [6.45, 7) is 5.94. The third-order valence-corrected chi connectivity index (χ3v) is 7.79. The molecule has 0 atom stereocenters. The lowest BCUT2D eigenvalue weighted by Crippen LogP contribution is -2.46. The van der Waals surface area contributed by atoms with E-state index >= 15 is 0 Å². The summed E-state index contributed by atoms with van der Waals surface area (Å²) in [7, 11) is -3.44. The summed E-state index contributed by atoms with van der Waals surface area (Å²) in [4.78, 5) is 14.4. The molecule has 0 spiro atoms. The highest BCUT2D eigenvalue weighted by Crippen LogP contribution is 2.20. The molecule has 0 bridgehead atoms. The molecule has 2 heterocycles. The maximum absolute atomic E-state index is 12.4. The van der Waals surface area contributed by atoms with Gasteiger partial charge in [-0.15, -0.1) is 11.3 Å². The molecule has 0 radical (unpaired) electrons. The van der Waals surface area contributed by atoms with Crippen LogP contribution < -0.4 is 10.0 Å². The lowest BCUT2D eigenvalue weighted by molar-refractivity contribution is -0.117. The highest BCUT2D eigenvalue weighted by Gasteiger charge is 2.26. The van der Waals surface area contributed by atoms with Gasteiger partial charge < -0.3 is 5.32 Å². The number of hydrogen-bond acceptors (Lipinski definition) is 5. The van der Waals surface area contributed by atoms with Crippen LogP contribution in [0.1, 0.15) is 38.2 Å². The van der Waals surface area contributed by atoms with Crippen molar-refractivity contribution in [1.82, 2.24) is 9.62 Å². The fourth-order valence-corrected chi connectivity index (χ4v) is 5.60. The van der Waals surface area contributed by atoms with Crippen molar-refractivity contribution in [2.24, 2.45) is 0 Å². The molecule has 8 heteroatoms. The normalized spacial score (nSPS) is 16.4. The summed E-state index contributed by atoms with van der Waals surface area (Å²) in [6, 6.07) is 11.2. The quantitative estimate of drug-likeness (QED) is 0.719. The molecule has 0 aliphatic carbocycles. The number of sulfonamides is 1. The maximum Gasteiger partial charge on any atom is 0.250 e. The predicted octanol–water partition coefficient (Wildman–Crippen LogP) is 3.25. The molecule has 28 heavy (non-hydrogen) atoms. The van der Waals surface area contributed by atoms with Gasteiger partial charge in [-0.1, -0.05) is 32.0 Å². The monoisotopic (exact) mass is 421 g/mol. The van der Waals surface area contributed by atoms with Gasteiger partial charge in [-0.05, 0) is 47.9 Å². The van der Waals surface area contributed by atoms with Crippen molar-refractivity contribution >= 4 is 33.0 Å². The average Bonchev–Trinajstić information content (AvgIpc) is 3.19. The number of carbonyl (C=O) groups is 1. The van der Waals surface area contributed by atoms with Crippen molar-refractivity contribution < 1.29 is 13.2 Å². The number of likely N-dealkylation sites (tertiary alicyclic amines) is 1. The minimum Gasteiger partial charge on any atom is -0.325 e. The average molecular weight is 422 g/mol. The van der Waals surface area contributed by atoms with Crippen LogP contribution in [0.4, 0.5) is 5.69 Å². The van der Waals surface area contributed by atoms with Gasteiger partial charge in [-0.3, -0.25) is 9.69 Å². The van der Waals surface area contributed by atoms with Crippen LogP contribution in [0, 0.1) is 0 Å². The Morgan fingerprint density at radius 2 is 1.96 bits per heavy atom. The summed E-state index contributed by atoms with van der Waals surface area (Å²) in [6.07, 6.45) is 1.39. The number of carbonyl (C=O) groups excluding carboxylic acids is 1. The number of rotatable bonds is 7. The van der Waals surface area contributed by atoms with Crippen LogP contribution in [-0.4, -0.2) is 44.9 Å². The topological polar surface area (TPSA) is 78.5 Å². The van der Waals surface area contributed by atoms with Crippen molar-refractivity contribution in [2.45, 2.75) is 42.9 Å². The first kappa shape index (κ1) is 21.0. The Labute approximate surface area is 171 Å². The van der Waals surface area contributed by atoms with Gasteiger partial charge in [0.2, 0.25) is 15.9 Å². The molecule has 1 aliphatic heterocycles. The van der Waals surface area contributed by atoms with E-state index in [1.165, 1.54) is 16.9 Å². The number of amides is 1. The van der Waals surface area contributed by atoms with Gasteiger partial charge >= 0.3 is 0 Å². The van der Waals surface area contributed by atoms with E-state index in [0.29, 0.717) is 42.6 Å². The molecule has 0 unspecified atom stereocenters. The van der Waals surface area contributed by atoms with Crippen LogP contribution in [0.5, 0.6) is 0 Å². The van der Waals surface area contributed by atoms with E-state index in [2.05, 4.69) is 34.9 Å². The molecule has 2 N–H and O–H groups in total. The lowest BCUT2D eigenvalue weighted by Gasteiger charge is -2.31. The number of thiophene rings is 1. The zero-order valence-electron chi connectivity index (χ0n) is 16.2. The third kappa shape index (κ3) is 5.64. The number of piperidine rings is 1. The molecule has 3 rings (SSSR count). The van der Waals surface area contributed by atoms with Crippen molar-refractivity contribution in [3.8, 4) is 0 Å². The molecule has 1 saturated heterocycles. The van der Waals surface area contributed by atoms with E-state index in [-0.39, 0.29) is 11.9 Å². The molecule has 152 valence electrons. The SMILES string of the molecule is CC(C)c1cccc(NC(=O)CN2CCC(NS(=O)(=O)c3cccs3)CC2)c1. The second kappa shape index (κ2) is 9.17. The lowest BCUT2D eigenvalue weighted by atomic mass is 10.0. The number of benzene rings is 1. The van der Waals surface area contributed by atoms with Gasteiger partial charge in [-0.25, -0.2) is 13.1 Å². The number of nitrogens with zero attached hydrogens (tertiary/aromatic N) is 1. The summed E-state index contributed by atoms with van der Waals surface area (Å²) >= 11 is 1.22. The Hall–Kier alpha value is -1.74. The fourth-order valence-electron chi connectivity index (χ4n) is 3.28. The van der Waals surface area contributed by atoms with E-state index in [4.69, 9.17) is 0 Å². The van der Waals surface area contributed by atoms with E-state index in [9.17, 15) is 13.2 Å². The molecule has 1 aliphatic rings. The molecular formula is C20H27N3O3S2. The van der Waals surface area contributed by atoms with Crippen molar-refractivity contribution in [2.75, 3.05) is 25.0 Å². The molecule has 0 saturated carbocycles. The minimum atomic E-state index is -3.44. The molecule has 2 aromatic rings. The second-order valence-corrected chi connectivity index (χ2v) is 10.3. The highest BCUT2D eigenvalue weighted by atomic mass is 32.2. The first-order chi connectivity index (χ1) is 13.3. The van der Waals surface area contributed by atoms with E-state index in [1.807, 2.05) is 18.2 Å². The van der Waals surface area contributed by atoms with Gasteiger partial charge in [0.15, 0.2) is 0 Å². The van der Waals surface area contributed by atoms with E-state index in [1.54, 1.807) is 17.5 Å². The number of nitrogens with one attached hydrogen (secondary N) is 2. The first-order valence-corrected chi connectivity index (χ1v) is 11.9. The number of anilines is 1. The van der Waals surface area contributed by atoms with Crippen LogP contribution in [0.25, 0.3) is 0 Å². The Bertz CT molecular complexity index is 887. The summed E-state index contributed by atoms with van der Waals surface area (Å²) in [5.74, 6) is 0.368. The Morgan fingerprint density at radius 1 is 1.21 bits per heavy atom. The molecule has 6 nitrogen and oxygen atoms in total. The maximum atomic E-state index is 12.4. The largest absolute Gasteiger partial charge is 0.325 e. The van der Waals surface area contributed by atoms with Crippen LogP contribution in [0.2, 0.25) is 0 Å². The van der Waals surface area contributed by atoms with Gasteiger partial charge in [0.1, 0.15) is 4.21 Å². The highest BCUT2D eigenvalue weighted by molar-refractivity contribution is 7.91. The van der Waals surface area contributed by atoms with Crippen molar-refractivity contribution in [3.05, 3.63) is 47.3 Å². The van der Waals surface area contributed by atoms with Crippen LogP contribution in [0.3, 0.4) is 0 Å². The summed E-state index contributed by atoms with van der Waals surface area (Å²) in [5.41, 5.74) is 2.01. The third-order valence-electron chi connectivity index (χ3n) is 4.87. The second-order valence-electron chi connectivity index (χ2n) is 7.43. The fraction of sp³-hybridized carbons (Fsp3) is 0.450. The van der Waals surface area contributed by atoms with Crippen LogP contribution in [0.15, 0.2) is 46.0 Å². The Balaban J connectivity index is 1.46. The first-order valence-electron chi connectivity index (χ1n) is 9.51. The standard InChI is InChI=1S/C20H27N3O3S2/c1-15(2)16-5-3-6-18(13-16)21-19(24)14-23-10-8-17(9-11-23)22-28(25,26)20-7-4-12-27-20/h3-7,12-13,15,17,22H,8-11,14H2,1-2H3,(H,21,24). The Kier molecular flexibility index (Phi) is 6.87. The summed E-state index contributed by atoms with van der Waals surface area (Å²) in [5, 5.41) is 4.72. The summed E-state index contributed by atoms with van der Waals surface area (Å²) < 4.78 is 27.8. The van der Waals surface area contributed by atoms with Crippen LogP contribution in [-0.2, 0) is 14.8 Å². The zero-order chi connectivity index (χ0) is 20.1. The number of hydrogen-bond donors (Lipinski definition) is 2. The smallest absolute Gasteiger partial charge is 0.250 e. The molecule has 1 fully saturated rings. The molecule has 1 aromatic carbocycles. The van der Waals surface area contributed by atoms with Gasteiger partial charge in [0.05, 0.1) is 6.54 Å². The van der Waals surface area contributed by atoms with Gasteiger partial charge in [0, 0.05) is 24.8 Å². The molecule has 1 aromatic heterocycles. The van der Waals surface area contributed by atoms with Crippen molar-refractivity contribution in [3.63, 3.8) is 0 Å². The zero-order valence-corrected chi connectivity index (χ0v) is 17.9. The van der Waals surface area contributed by atoms with E-state index < -0.39 is 10.0 Å². The molecule has 1 amide bonds. The molecular weight excluding hydrogens is 394 g/mol. The Morgan fingerprint density at radius 3 is 2.61 bits per heavy atom. The van der Waals surface area contributed by atoms with Crippen molar-refractivity contribution in [1.29, 1.82) is 0 Å². The minimum absolute atomic E-state index is 0.0430. The predicted molar refractivity (Wildman–Crippen MR) is 113 cm³/mol. The van der Waals surface area contributed by atoms with Gasteiger partial charge in [0.25, 0.3) is 0 Å². The van der Waals surface area contributed by atoms with Crippen LogP contribution >= 0.6 is 11.3 Å². The van der Waals surface area contributed by atoms with E-state index in [0.717, 1.165) is 5.69 Å².